The summed E-state index contributed by atoms with van der Waals surface area (Å²) in [6, 6.07) is 3.69. The maximum atomic E-state index is 13.0. The van der Waals surface area contributed by atoms with Gasteiger partial charge in [0.25, 0.3) is 0 Å². The largest absolute Gasteiger partial charge is 0.382 e. The highest BCUT2D eigenvalue weighted by Gasteiger charge is 2.20. The molecule has 0 aromatic carbocycles. The molecule has 2 rings (SSSR count). The van der Waals surface area contributed by atoms with Crippen LogP contribution in [0, 0.1) is 6.08 Å². The Bertz CT molecular complexity index is 510. The number of nitrogen functional groups attached to an aromatic ring is 1. The Morgan fingerprint density at radius 3 is 2.60 bits per heavy atom. The number of nitrogens with zero attached hydrogens (tertiary/aromatic N) is 3. The fraction of sp³-hybridized carbons (Fsp3) is 0.400. The van der Waals surface area contributed by atoms with Gasteiger partial charge in [-0.1, -0.05) is 20.8 Å². The lowest BCUT2D eigenvalue weighted by Gasteiger charge is -2.17. The Labute approximate surface area is 86.9 Å². The molecule has 0 aliphatic rings. The molecule has 4 nitrogen and oxygen atoms in total. The van der Waals surface area contributed by atoms with Crippen LogP contribution in [0.3, 0.4) is 0 Å². The topological polar surface area (TPSA) is 56.2 Å². The Kier molecular flexibility index (Phi) is 1.92. The third kappa shape index (κ3) is 1.54. The molecule has 2 aromatic heterocycles. The van der Waals surface area contributed by atoms with E-state index < -0.39 is 6.08 Å². The normalized spacial score (nSPS) is 12.3. The molecular formula is C10H13FN4. The van der Waals surface area contributed by atoms with E-state index in [2.05, 4.69) is 10.1 Å². The fourth-order valence-electron chi connectivity index (χ4n) is 1.56. The molecule has 2 heterocycles. The third-order valence-corrected chi connectivity index (χ3v) is 2.28. The van der Waals surface area contributed by atoms with Crippen molar-refractivity contribution in [3.8, 4) is 0 Å². The van der Waals surface area contributed by atoms with E-state index in [1.54, 1.807) is 6.07 Å². The number of fused-ring (bicyclic) bond motifs is 1. The van der Waals surface area contributed by atoms with Crippen LogP contribution in [0.2, 0.25) is 0 Å². The fourth-order valence-corrected chi connectivity index (χ4v) is 1.56. The first-order valence-corrected chi connectivity index (χ1v) is 4.71. The van der Waals surface area contributed by atoms with Gasteiger partial charge in [-0.15, -0.1) is 5.10 Å². The van der Waals surface area contributed by atoms with Crippen LogP contribution in [0.25, 0.3) is 5.52 Å². The van der Waals surface area contributed by atoms with Crippen LogP contribution in [-0.2, 0) is 5.41 Å². The van der Waals surface area contributed by atoms with Gasteiger partial charge in [0.05, 0.1) is 0 Å². The summed E-state index contributed by atoms with van der Waals surface area (Å²) in [4.78, 5) is 3.48. The molecule has 0 amide bonds. The van der Waals surface area contributed by atoms with Crippen LogP contribution in [0.5, 0.6) is 0 Å². The minimum Gasteiger partial charge on any atom is -0.382 e. The Morgan fingerprint density at radius 1 is 1.33 bits per heavy atom. The summed E-state index contributed by atoms with van der Waals surface area (Å²) >= 11 is 0. The van der Waals surface area contributed by atoms with E-state index in [1.165, 1.54) is 4.52 Å². The van der Waals surface area contributed by atoms with E-state index in [0.717, 1.165) is 5.69 Å². The van der Waals surface area contributed by atoms with Crippen molar-refractivity contribution in [2.45, 2.75) is 26.2 Å². The van der Waals surface area contributed by atoms with Crippen molar-refractivity contribution < 1.29 is 4.39 Å². The second kappa shape index (κ2) is 2.92. The molecule has 0 spiro atoms. The molecular weight excluding hydrogens is 195 g/mol. The highest BCUT2D eigenvalue weighted by atomic mass is 19.1. The van der Waals surface area contributed by atoms with Crippen molar-refractivity contribution in [3.63, 3.8) is 0 Å². The van der Waals surface area contributed by atoms with Crippen LogP contribution < -0.4 is 5.73 Å². The van der Waals surface area contributed by atoms with Gasteiger partial charge in [-0.2, -0.15) is 9.37 Å². The Morgan fingerprint density at radius 2 is 2.00 bits per heavy atom. The average molecular weight is 208 g/mol. The van der Waals surface area contributed by atoms with E-state index in [0.29, 0.717) is 5.52 Å². The summed E-state index contributed by atoms with van der Waals surface area (Å²) in [5.74, 6) is 0.165. The summed E-state index contributed by atoms with van der Waals surface area (Å²) in [6.07, 6.45) is -0.804. The minimum atomic E-state index is -0.804. The lowest BCUT2D eigenvalue weighted by molar-refractivity contribution is 0.490. The standard InChI is InChI=1S/C10H13FN4/c1-10(2,3)7-5-4-6-8(12)13-9(11)14-15(6)7/h4-5H,1-3H3,(H2,12,13,14). The maximum Gasteiger partial charge on any atom is 0.327 e. The Hall–Kier alpha value is -1.65. The van der Waals surface area contributed by atoms with Crippen molar-refractivity contribution in [2.24, 2.45) is 0 Å². The van der Waals surface area contributed by atoms with Crippen LogP contribution in [-0.4, -0.2) is 14.6 Å². The second-order valence-corrected chi connectivity index (χ2v) is 4.53. The summed E-state index contributed by atoms with van der Waals surface area (Å²) in [5.41, 5.74) is 7.04. The van der Waals surface area contributed by atoms with Crippen LogP contribution in [0.1, 0.15) is 26.5 Å². The molecule has 0 aliphatic heterocycles. The van der Waals surface area contributed by atoms with E-state index in [1.807, 2.05) is 26.8 Å². The molecule has 2 aromatic rings. The quantitative estimate of drug-likeness (QED) is 0.717. The lowest BCUT2D eigenvalue weighted by atomic mass is 9.93. The van der Waals surface area contributed by atoms with Crippen LogP contribution in [0.15, 0.2) is 12.1 Å². The average Bonchev–Trinajstić information content (AvgIpc) is 2.45. The molecule has 0 atom stereocenters. The van der Waals surface area contributed by atoms with Gasteiger partial charge in [-0.25, -0.2) is 4.52 Å². The first-order valence-electron chi connectivity index (χ1n) is 4.71. The number of aromatic nitrogens is 3. The summed E-state index contributed by atoms with van der Waals surface area (Å²) in [6.45, 7) is 6.10. The van der Waals surface area contributed by atoms with Gasteiger partial charge in [-0.05, 0) is 12.1 Å². The maximum absolute atomic E-state index is 13.0. The molecule has 0 saturated heterocycles. The van der Waals surface area contributed by atoms with Gasteiger partial charge < -0.3 is 5.73 Å². The van der Waals surface area contributed by atoms with E-state index in [-0.39, 0.29) is 11.2 Å². The van der Waals surface area contributed by atoms with Crippen molar-refractivity contribution >= 4 is 11.3 Å². The monoisotopic (exact) mass is 208 g/mol. The first kappa shape index (κ1) is 9.89. The molecule has 0 bridgehead atoms. The molecule has 0 aliphatic carbocycles. The molecule has 0 unspecified atom stereocenters. The minimum absolute atomic E-state index is 0.111. The van der Waals surface area contributed by atoms with Crippen molar-refractivity contribution in [2.75, 3.05) is 5.73 Å². The highest BCUT2D eigenvalue weighted by Crippen LogP contribution is 2.25. The summed E-state index contributed by atoms with van der Waals surface area (Å²) < 4.78 is 14.5. The van der Waals surface area contributed by atoms with Crippen molar-refractivity contribution in [1.82, 2.24) is 14.6 Å². The number of anilines is 1. The van der Waals surface area contributed by atoms with Gasteiger partial charge in [-0.3, -0.25) is 0 Å². The van der Waals surface area contributed by atoms with E-state index >= 15 is 0 Å². The zero-order chi connectivity index (χ0) is 11.2. The number of nitrogens with two attached hydrogens (primary N) is 1. The van der Waals surface area contributed by atoms with Crippen LogP contribution >= 0.6 is 0 Å². The molecule has 0 radical (unpaired) electrons. The second-order valence-electron chi connectivity index (χ2n) is 4.53. The number of hydrogen-bond donors (Lipinski definition) is 1. The molecule has 15 heavy (non-hydrogen) atoms. The highest BCUT2D eigenvalue weighted by molar-refractivity contribution is 5.65. The number of halogens is 1. The van der Waals surface area contributed by atoms with Gasteiger partial charge in [0, 0.05) is 11.1 Å². The zero-order valence-corrected chi connectivity index (χ0v) is 8.95. The van der Waals surface area contributed by atoms with Crippen molar-refractivity contribution in [1.29, 1.82) is 0 Å². The molecule has 80 valence electrons. The van der Waals surface area contributed by atoms with E-state index in [4.69, 9.17) is 5.73 Å². The van der Waals surface area contributed by atoms with E-state index in [9.17, 15) is 4.39 Å². The first-order chi connectivity index (χ1) is 6.89. The molecule has 5 heteroatoms. The van der Waals surface area contributed by atoms with Crippen LogP contribution in [0.4, 0.5) is 10.2 Å². The number of rotatable bonds is 0. The predicted octanol–water partition coefficient (Wildman–Crippen LogP) is 1.75. The SMILES string of the molecule is CC(C)(C)c1ccc2c(N)nc(F)nn12. The molecule has 0 fully saturated rings. The molecule has 2 N–H and O–H groups in total. The number of hydrogen-bond acceptors (Lipinski definition) is 3. The lowest BCUT2D eigenvalue weighted by Crippen LogP contribution is -2.16. The van der Waals surface area contributed by atoms with Crippen molar-refractivity contribution in [3.05, 3.63) is 23.9 Å². The summed E-state index contributed by atoms with van der Waals surface area (Å²) in [5, 5.41) is 3.72. The van der Waals surface area contributed by atoms with Gasteiger partial charge in [0.1, 0.15) is 5.52 Å². The summed E-state index contributed by atoms with van der Waals surface area (Å²) in [7, 11) is 0. The zero-order valence-electron chi connectivity index (χ0n) is 8.95. The van der Waals surface area contributed by atoms with Gasteiger partial charge >= 0.3 is 6.08 Å². The molecule has 0 saturated carbocycles. The predicted molar refractivity (Wildman–Crippen MR) is 56.1 cm³/mol. The van der Waals surface area contributed by atoms with Gasteiger partial charge in [0.2, 0.25) is 0 Å². The van der Waals surface area contributed by atoms with Gasteiger partial charge in [0.15, 0.2) is 5.82 Å². The third-order valence-electron chi connectivity index (χ3n) is 2.28. The smallest absolute Gasteiger partial charge is 0.327 e. The Balaban J connectivity index is 2.80.